The number of benzene rings is 2. The van der Waals surface area contributed by atoms with Gasteiger partial charge < -0.3 is 9.15 Å². The Hall–Kier alpha value is -2.67. The van der Waals surface area contributed by atoms with Gasteiger partial charge in [-0.25, -0.2) is 4.39 Å². The summed E-state index contributed by atoms with van der Waals surface area (Å²) in [7, 11) is 0. The number of rotatable bonds is 7. The summed E-state index contributed by atoms with van der Waals surface area (Å²) in [6.45, 7) is 3.94. The van der Waals surface area contributed by atoms with E-state index >= 15 is 0 Å². The van der Waals surface area contributed by atoms with Gasteiger partial charge in [0.15, 0.2) is 5.78 Å². The molecule has 2 aromatic carbocycles. The van der Waals surface area contributed by atoms with Gasteiger partial charge in [0.2, 0.25) is 0 Å². The number of halogens is 1. The van der Waals surface area contributed by atoms with Gasteiger partial charge in [0.1, 0.15) is 11.6 Å². The highest BCUT2D eigenvalue weighted by Gasteiger charge is 2.14. The van der Waals surface area contributed by atoms with E-state index in [4.69, 9.17) is 9.15 Å². The topological polar surface area (TPSA) is 65.2 Å². The number of nitrogens with zero attached hydrogens (tertiary/aromatic N) is 2. The van der Waals surface area contributed by atoms with E-state index in [2.05, 4.69) is 10.2 Å². The molecular weight excluding hydrogens is 355 g/mol. The van der Waals surface area contributed by atoms with Crippen LogP contribution < -0.4 is 4.74 Å². The standard InChI is InChI=1S/C19H17FN2O3S/c1-3-24-17-9-8-13(12(2)23)10-14(17)11-26-19-22-21-18(25-19)15-6-4-5-7-16(15)20/h4-10H,3,11H2,1-2H3. The molecule has 0 amide bonds. The number of ketones is 1. The SMILES string of the molecule is CCOc1ccc(C(C)=O)cc1CSc1nnc(-c2ccccc2F)o1. The molecule has 3 rings (SSSR count). The highest BCUT2D eigenvalue weighted by atomic mass is 32.2. The molecule has 3 aromatic rings. The van der Waals surface area contributed by atoms with E-state index in [1.165, 1.54) is 24.8 Å². The fraction of sp³-hybridized carbons (Fsp3) is 0.211. The summed E-state index contributed by atoms with van der Waals surface area (Å²) in [5.74, 6) is 0.890. The Balaban J connectivity index is 1.78. The number of Topliss-reactive ketones (excluding diaryl/α,β-unsaturated/α-hetero) is 1. The van der Waals surface area contributed by atoms with Gasteiger partial charge in [-0.2, -0.15) is 0 Å². The average Bonchev–Trinajstić information content (AvgIpc) is 3.10. The van der Waals surface area contributed by atoms with Gasteiger partial charge in [0.25, 0.3) is 11.1 Å². The van der Waals surface area contributed by atoms with Gasteiger partial charge in [-0.05, 0) is 44.2 Å². The monoisotopic (exact) mass is 372 g/mol. The van der Waals surface area contributed by atoms with Crippen molar-refractivity contribution in [3.05, 3.63) is 59.4 Å². The molecule has 0 aliphatic carbocycles. The molecule has 0 spiro atoms. The fourth-order valence-electron chi connectivity index (χ4n) is 2.36. The first-order valence-corrected chi connectivity index (χ1v) is 9.05. The average molecular weight is 372 g/mol. The maximum atomic E-state index is 13.8. The van der Waals surface area contributed by atoms with Gasteiger partial charge in [-0.1, -0.05) is 23.9 Å². The lowest BCUT2D eigenvalue weighted by Crippen LogP contribution is -1.99. The second kappa shape index (κ2) is 8.14. The van der Waals surface area contributed by atoms with Crippen LogP contribution in [0.5, 0.6) is 5.75 Å². The van der Waals surface area contributed by atoms with Gasteiger partial charge in [-0.3, -0.25) is 4.79 Å². The molecule has 0 N–H and O–H groups in total. The molecule has 0 bridgehead atoms. The zero-order chi connectivity index (χ0) is 18.5. The Morgan fingerprint density at radius 1 is 1.23 bits per heavy atom. The zero-order valence-corrected chi connectivity index (χ0v) is 15.2. The number of aromatic nitrogens is 2. The molecule has 5 nitrogen and oxygen atoms in total. The molecular formula is C19H17FN2O3S. The van der Waals surface area contributed by atoms with Crippen LogP contribution in [0.1, 0.15) is 29.8 Å². The van der Waals surface area contributed by atoms with Crippen molar-refractivity contribution < 1.29 is 18.3 Å². The summed E-state index contributed by atoms with van der Waals surface area (Å²) in [6.07, 6.45) is 0. The second-order valence-corrected chi connectivity index (χ2v) is 6.38. The number of carbonyl (C=O) groups is 1. The first kappa shape index (κ1) is 18.1. The summed E-state index contributed by atoms with van der Waals surface area (Å²) in [5, 5.41) is 8.17. The Kier molecular flexibility index (Phi) is 5.68. The predicted molar refractivity (Wildman–Crippen MR) is 96.9 cm³/mol. The van der Waals surface area contributed by atoms with Crippen LogP contribution >= 0.6 is 11.8 Å². The van der Waals surface area contributed by atoms with Crippen molar-refractivity contribution in [2.75, 3.05) is 6.61 Å². The highest BCUT2D eigenvalue weighted by molar-refractivity contribution is 7.98. The highest BCUT2D eigenvalue weighted by Crippen LogP contribution is 2.30. The van der Waals surface area contributed by atoms with Crippen molar-refractivity contribution in [2.24, 2.45) is 0 Å². The summed E-state index contributed by atoms with van der Waals surface area (Å²) < 4.78 is 25.0. The minimum atomic E-state index is -0.416. The van der Waals surface area contributed by atoms with E-state index in [0.717, 1.165) is 5.56 Å². The molecule has 26 heavy (non-hydrogen) atoms. The lowest BCUT2D eigenvalue weighted by molar-refractivity contribution is 0.101. The van der Waals surface area contributed by atoms with E-state index in [1.54, 1.807) is 36.4 Å². The van der Waals surface area contributed by atoms with E-state index in [9.17, 15) is 9.18 Å². The van der Waals surface area contributed by atoms with Crippen molar-refractivity contribution in [2.45, 2.75) is 24.8 Å². The second-order valence-electron chi connectivity index (χ2n) is 5.45. The molecule has 1 heterocycles. The number of carbonyl (C=O) groups excluding carboxylic acids is 1. The first-order chi connectivity index (χ1) is 12.6. The van der Waals surface area contributed by atoms with Crippen molar-refractivity contribution in [1.82, 2.24) is 10.2 Å². The molecule has 0 fully saturated rings. The number of hydrogen-bond donors (Lipinski definition) is 0. The van der Waals surface area contributed by atoms with E-state index in [1.807, 2.05) is 6.92 Å². The minimum absolute atomic E-state index is 0.0149. The van der Waals surface area contributed by atoms with Crippen molar-refractivity contribution in [3.63, 3.8) is 0 Å². The van der Waals surface area contributed by atoms with Gasteiger partial charge in [-0.15, -0.1) is 10.2 Å². The molecule has 1 aromatic heterocycles. The number of hydrogen-bond acceptors (Lipinski definition) is 6. The zero-order valence-electron chi connectivity index (χ0n) is 14.4. The molecule has 0 unspecified atom stereocenters. The van der Waals surface area contributed by atoms with Gasteiger partial charge >= 0.3 is 0 Å². The third kappa shape index (κ3) is 4.11. The summed E-state index contributed by atoms with van der Waals surface area (Å²) >= 11 is 1.30. The normalized spacial score (nSPS) is 10.7. The van der Waals surface area contributed by atoms with Crippen molar-refractivity contribution in [1.29, 1.82) is 0 Å². The molecule has 0 aliphatic heterocycles. The number of thioether (sulfide) groups is 1. The lowest BCUT2D eigenvalue weighted by Gasteiger charge is -2.10. The summed E-state index contributed by atoms with van der Waals surface area (Å²) in [6, 6.07) is 11.6. The molecule has 0 saturated carbocycles. The summed E-state index contributed by atoms with van der Waals surface area (Å²) in [5.41, 5.74) is 1.73. The molecule has 0 saturated heterocycles. The maximum Gasteiger partial charge on any atom is 0.277 e. The predicted octanol–water partition coefficient (Wildman–Crippen LogP) is 4.77. The number of ether oxygens (including phenoxy) is 1. The van der Waals surface area contributed by atoms with Crippen LogP contribution in [0.3, 0.4) is 0 Å². The fourth-order valence-corrected chi connectivity index (χ4v) is 3.10. The molecule has 0 aliphatic rings. The van der Waals surface area contributed by atoms with Crippen LogP contribution in [0, 0.1) is 5.82 Å². The van der Waals surface area contributed by atoms with Crippen LogP contribution in [0.4, 0.5) is 4.39 Å². The van der Waals surface area contributed by atoms with Crippen LogP contribution in [0.2, 0.25) is 0 Å². The quantitative estimate of drug-likeness (QED) is 0.440. The first-order valence-electron chi connectivity index (χ1n) is 8.06. The van der Waals surface area contributed by atoms with Gasteiger partial charge in [0.05, 0.1) is 12.2 Å². The Morgan fingerprint density at radius 2 is 2.04 bits per heavy atom. The maximum absolute atomic E-state index is 13.8. The summed E-state index contributed by atoms with van der Waals surface area (Å²) in [4.78, 5) is 11.6. The largest absolute Gasteiger partial charge is 0.494 e. The van der Waals surface area contributed by atoms with Crippen LogP contribution in [0.15, 0.2) is 52.1 Å². The molecule has 134 valence electrons. The Bertz CT molecular complexity index is 927. The van der Waals surface area contributed by atoms with Crippen LogP contribution in [-0.2, 0) is 5.75 Å². The van der Waals surface area contributed by atoms with E-state index < -0.39 is 5.82 Å². The minimum Gasteiger partial charge on any atom is -0.494 e. The Labute approximate surface area is 154 Å². The van der Waals surface area contributed by atoms with Gasteiger partial charge in [0, 0.05) is 16.9 Å². The smallest absolute Gasteiger partial charge is 0.277 e. The van der Waals surface area contributed by atoms with Crippen LogP contribution in [-0.4, -0.2) is 22.6 Å². The third-order valence-corrected chi connectivity index (χ3v) is 4.50. The van der Waals surface area contributed by atoms with E-state index in [-0.39, 0.29) is 17.2 Å². The van der Waals surface area contributed by atoms with Crippen molar-refractivity contribution in [3.8, 4) is 17.2 Å². The van der Waals surface area contributed by atoms with Crippen LogP contribution in [0.25, 0.3) is 11.5 Å². The third-order valence-electron chi connectivity index (χ3n) is 3.63. The molecule has 0 atom stereocenters. The van der Waals surface area contributed by atoms with Crippen molar-refractivity contribution >= 4 is 17.5 Å². The van der Waals surface area contributed by atoms with E-state index in [0.29, 0.717) is 28.9 Å². The molecule has 7 heteroatoms. The Morgan fingerprint density at radius 3 is 2.77 bits per heavy atom. The lowest BCUT2D eigenvalue weighted by atomic mass is 10.1. The molecule has 0 radical (unpaired) electrons.